The summed E-state index contributed by atoms with van der Waals surface area (Å²) < 4.78 is 7.71. The van der Waals surface area contributed by atoms with E-state index >= 15 is 0 Å². The van der Waals surface area contributed by atoms with Gasteiger partial charge in [-0.3, -0.25) is 9.78 Å². The lowest BCUT2D eigenvalue weighted by Gasteiger charge is -2.07. The van der Waals surface area contributed by atoms with Crippen LogP contribution in [0.4, 0.5) is 0 Å². The van der Waals surface area contributed by atoms with Crippen molar-refractivity contribution in [2.24, 2.45) is 5.10 Å². The number of carbonyl (C=O) groups excluding carboxylic acids is 1. The fourth-order valence-electron chi connectivity index (χ4n) is 3.60. The molecular formula is C29H23N5O2. The van der Waals surface area contributed by atoms with Gasteiger partial charge in [-0.15, -0.1) is 0 Å². The molecule has 0 unspecified atom stereocenters. The summed E-state index contributed by atoms with van der Waals surface area (Å²) in [6.07, 6.45) is 6.61. The maximum atomic E-state index is 12.3. The van der Waals surface area contributed by atoms with E-state index in [2.05, 4.69) is 15.5 Å². The molecule has 7 heteroatoms. The number of aromatic nitrogens is 3. The predicted octanol–water partition coefficient (Wildman–Crippen LogP) is 5.28. The maximum Gasteiger partial charge on any atom is 0.271 e. The standard InChI is InChI=1S/C29H23N5O2/c35-29(24-15-17-30-18-16-24)32-31-19-25-20-34(26-9-5-2-6-10-26)33-28(25)23-11-13-27(14-12-23)36-21-22-7-3-1-4-8-22/h1-20H,21H2,(H,32,35)/b31-19+. The third kappa shape index (κ3) is 5.53. The number of amides is 1. The fourth-order valence-corrected chi connectivity index (χ4v) is 3.60. The maximum absolute atomic E-state index is 12.3. The van der Waals surface area contributed by atoms with Crippen LogP contribution >= 0.6 is 0 Å². The van der Waals surface area contributed by atoms with E-state index in [1.807, 2.05) is 91.1 Å². The highest BCUT2D eigenvalue weighted by Crippen LogP contribution is 2.25. The first kappa shape index (κ1) is 22.7. The molecule has 0 aliphatic rings. The lowest BCUT2D eigenvalue weighted by atomic mass is 10.1. The lowest BCUT2D eigenvalue weighted by molar-refractivity contribution is 0.0955. The Labute approximate surface area is 208 Å². The molecule has 0 spiro atoms. The van der Waals surface area contributed by atoms with Crippen molar-refractivity contribution in [2.45, 2.75) is 6.61 Å². The molecule has 1 amide bonds. The molecule has 0 fully saturated rings. The van der Waals surface area contributed by atoms with Gasteiger partial charge < -0.3 is 4.74 Å². The minimum absolute atomic E-state index is 0.314. The van der Waals surface area contributed by atoms with Gasteiger partial charge in [-0.1, -0.05) is 48.5 Å². The molecular weight excluding hydrogens is 450 g/mol. The summed E-state index contributed by atoms with van der Waals surface area (Å²) in [5.74, 6) is 0.454. The van der Waals surface area contributed by atoms with Gasteiger partial charge in [0.2, 0.25) is 0 Å². The number of hydrogen-bond acceptors (Lipinski definition) is 5. The van der Waals surface area contributed by atoms with Gasteiger partial charge in [-0.25, -0.2) is 10.1 Å². The van der Waals surface area contributed by atoms with Crippen molar-refractivity contribution < 1.29 is 9.53 Å². The highest BCUT2D eigenvalue weighted by atomic mass is 16.5. The van der Waals surface area contributed by atoms with Crippen molar-refractivity contribution in [3.05, 3.63) is 132 Å². The molecule has 5 aromatic rings. The molecule has 0 aliphatic carbocycles. The van der Waals surface area contributed by atoms with Crippen molar-refractivity contribution >= 4 is 12.1 Å². The molecule has 2 heterocycles. The molecule has 0 saturated carbocycles. The first-order valence-corrected chi connectivity index (χ1v) is 11.4. The minimum atomic E-state index is -0.314. The van der Waals surface area contributed by atoms with E-state index in [9.17, 15) is 4.79 Å². The molecule has 0 bridgehead atoms. The van der Waals surface area contributed by atoms with Gasteiger partial charge in [-0.05, 0) is 54.1 Å². The third-order valence-electron chi connectivity index (χ3n) is 5.45. The topological polar surface area (TPSA) is 81.4 Å². The van der Waals surface area contributed by atoms with E-state index < -0.39 is 0 Å². The normalized spacial score (nSPS) is 10.9. The number of nitrogens with zero attached hydrogens (tertiary/aromatic N) is 4. The van der Waals surface area contributed by atoms with Crippen molar-refractivity contribution in [1.29, 1.82) is 0 Å². The van der Waals surface area contributed by atoms with Gasteiger partial charge in [0.15, 0.2) is 0 Å². The van der Waals surface area contributed by atoms with Gasteiger partial charge in [0.05, 0.1) is 11.9 Å². The molecule has 1 N–H and O–H groups in total. The zero-order valence-electron chi connectivity index (χ0n) is 19.4. The number of carbonyl (C=O) groups is 1. The van der Waals surface area contributed by atoms with Crippen LogP contribution < -0.4 is 10.2 Å². The molecule has 3 aromatic carbocycles. The molecule has 176 valence electrons. The Balaban J connectivity index is 1.37. The van der Waals surface area contributed by atoms with Crippen LogP contribution in [0.5, 0.6) is 5.75 Å². The summed E-state index contributed by atoms with van der Waals surface area (Å²) >= 11 is 0. The Kier molecular flexibility index (Phi) is 6.90. The number of rotatable bonds is 8. The first-order valence-electron chi connectivity index (χ1n) is 11.4. The fraction of sp³-hybridized carbons (Fsp3) is 0.0345. The van der Waals surface area contributed by atoms with Gasteiger partial charge in [-0.2, -0.15) is 10.2 Å². The van der Waals surface area contributed by atoms with Crippen molar-refractivity contribution in [3.8, 4) is 22.7 Å². The van der Waals surface area contributed by atoms with Crippen LogP contribution in [0, 0.1) is 0 Å². The summed E-state index contributed by atoms with van der Waals surface area (Å²) in [4.78, 5) is 16.3. The van der Waals surface area contributed by atoms with E-state index in [1.165, 1.54) is 0 Å². The molecule has 7 nitrogen and oxygen atoms in total. The second-order valence-electron chi connectivity index (χ2n) is 7.95. The SMILES string of the molecule is O=C(N/N=C/c1cn(-c2ccccc2)nc1-c1ccc(OCc2ccccc2)cc1)c1ccncc1. The highest BCUT2D eigenvalue weighted by molar-refractivity contribution is 5.95. The van der Waals surface area contributed by atoms with E-state index in [0.717, 1.165) is 33.8 Å². The molecule has 5 rings (SSSR count). The summed E-state index contributed by atoms with van der Waals surface area (Å²) in [6, 6.07) is 30.9. The van der Waals surface area contributed by atoms with Crippen molar-refractivity contribution in [1.82, 2.24) is 20.2 Å². The number of ether oxygens (including phenoxy) is 1. The van der Waals surface area contributed by atoms with Crippen LogP contribution in [0.25, 0.3) is 16.9 Å². The molecule has 0 radical (unpaired) electrons. The van der Waals surface area contributed by atoms with E-state index in [-0.39, 0.29) is 5.91 Å². The van der Waals surface area contributed by atoms with E-state index in [0.29, 0.717) is 12.2 Å². The first-order chi connectivity index (χ1) is 17.8. The Morgan fingerprint density at radius 1 is 0.889 bits per heavy atom. The summed E-state index contributed by atoms with van der Waals surface area (Å²) in [5, 5.41) is 8.96. The number of hydrogen-bond donors (Lipinski definition) is 1. The Bertz CT molecular complexity index is 1450. The number of para-hydroxylation sites is 1. The van der Waals surface area contributed by atoms with Gasteiger partial charge in [0.25, 0.3) is 5.91 Å². The Morgan fingerprint density at radius 2 is 1.58 bits per heavy atom. The molecule has 0 saturated heterocycles. The van der Waals surface area contributed by atoms with Gasteiger partial charge in [0, 0.05) is 35.3 Å². The minimum Gasteiger partial charge on any atom is -0.489 e. The van der Waals surface area contributed by atoms with Crippen molar-refractivity contribution in [3.63, 3.8) is 0 Å². The Morgan fingerprint density at radius 3 is 2.31 bits per heavy atom. The Hall–Kier alpha value is -5.04. The van der Waals surface area contributed by atoms with Crippen LogP contribution in [0.1, 0.15) is 21.5 Å². The van der Waals surface area contributed by atoms with Crippen molar-refractivity contribution in [2.75, 3.05) is 0 Å². The average molecular weight is 474 g/mol. The third-order valence-corrected chi connectivity index (χ3v) is 5.45. The second-order valence-corrected chi connectivity index (χ2v) is 7.95. The molecule has 0 aliphatic heterocycles. The van der Waals surface area contributed by atoms with Gasteiger partial charge in [0.1, 0.15) is 18.1 Å². The largest absolute Gasteiger partial charge is 0.489 e. The van der Waals surface area contributed by atoms with E-state index in [1.54, 1.807) is 35.4 Å². The van der Waals surface area contributed by atoms with Crippen LogP contribution in [0.15, 0.2) is 121 Å². The van der Waals surface area contributed by atoms with Crippen LogP contribution in [0.3, 0.4) is 0 Å². The monoisotopic (exact) mass is 473 g/mol. The summed E-state index contributed by atoms with van der Waals surface area (Å²) in [5.41, 5.74) is 7.46. The molecule has 0 atom stereocenters. The van der Waals surface area contributed by atoms with Gasteiger partial charge >= 0.3 is 0 Å². The molecule has 2 aromatic heterocycles. The smallest absolute Gasteiger partial charge is 0.271 e. The number of hydrazone groups is 1. The molecule has 36 heavy (non-hydrogen) atoms. The predicted molar refractivity (Wildman–Crippen MR) is 139 cm³/mol. The zero-order valence-corrected chi connectivity index (χ0v) is 19.4. The van der Waals surface area contributed by atoms with Crippen LogP contribution in [-0.4, -0.2) is 26.9 Å². The number of nitrogens with one attached hydrogen (secondary N) is 1. The highest BCUT2D eigenvalue weighted by Gasteiger charge is 2.12. The van der Waals surface area contributed by atoms with Crippen LogP contribution in [0.2, 0.25) is 0 Å². The lowest BCUT2D eigenvalue weighted by Crippen LogP contribution is -2.17. The average Bonchev–Trinajstić information content (AvgIpc) is 3.38. The zero-order chi connectivity index (χ0) is 24.6. The van der Waals surface area contributed by atoms with Crippen LogP contribution in [-0.2, 0) is 6.61 Å². The van der Waals surface area contributed by atoms with E-state index in [4.69, 9.17) is 9.84 Å². The summed E-state index contributed by atoms with van der Waals surface area (Å²) in [6.45, 7) is 0.498. The summed E-state index contributed by atoms with van der Waals surface area (Å²) in [7, 11) is 0. The number of pyridine rings is 1. The quantitative estimate of drug-likeness (QED) is 0.246. The number of benzene rings is 3. The second kappa shape index (κ2) is 10.9.